The molecule has 1 atom stereocenters. The second-order valence-corrected chi connectivity index (χ2v) is 15.2. The monoisotopic (exact) mass is 666 g/mol. The summed E-state index contributed by atoms with van der Waals surface area (Å²) >= 11 is 1.53. The average Bonchev–Trinajstić information content (AvgIpc) is 3.58. The van der Waals surface area contributed by atoms with E-state index in [0.29, 0.717) is 17.1 Å². The largest absolute Gasteiger partial charge is 0.494 e. The van der Waals surface area contributed by atoms with Crippen molar-refractivity contribution in [1.29, 1.82) is 0 Å². The molecule has 5 rings (SSSR count). The van der Waals surface area contributed by atoms with Gasteiger partial charge in [-0.05, 0) is 66.5 Å². The lowest BCUT2D eigenvalue weighted by Crippen LogP contribution is -2.52. The average molecular weight is 667 g/mol. The number of aromatic nitrogens is 2. The maximum absolute atomic E-state index is 13.4. The first-order chi connectivity index (χ1) is 23.1. The van der Waals surface area contributed by atoms with E-state index < -0.39 is 5.92 Å². The van der Waals surface area contributed by atoms with Crippen molar-refractivity contribution in [2.24, 2.45) is 11.7 Å². The second-order valence-electron chi connectivity index (χ2n) is 14.2. The Bertz CT molecular complexity index is 1620. The van der Waals surface area contributed by atoms with E-state index in [1.165, 1.54) is 37.0 Å². The Morgan fingerprint density at radius 2 is 1.56 bits per heavy atom. The van der Waals surface area contributed by atoms with Crippen LogP contribution < -0.4 is 15.8 Å². The number of unbranched alkanes of at least 4 members (excludes halogenated alkanes) is 4. The lowest BCUT2D eigenvalue weighted by atomic mass is 9.86. The van der Waals surface area contributed by atoms with Crippen molar-refractivity contribution in [3.05, 3.63) is 88.4 Å². The van der Waals surface area contributed by atoms with Crippen molar-refractivity contribution in [3.63, 3.8) is 0 Å². The molecular formula is C40H50N4O3S. The van der Waals surface area contributed by atoms with Crippen molar-refractivity contribution in [2.45, 2.75) is 103 Å². The molecule has 1 aliphatic carbocycles. The van der Waals surface area contributed by atoms with Crippen molar-refractivity contribution < 1.29 is 14.3 Å². The van der Waals surface area contributed by atoms with Crippen LogP contribution in [0.3, 0.4) is 0 Å². The van der Waals surface area contributed by atoms with Crippen molar-refractivity contribution in [3.8, 4) is 28.3 Å². The van der Waals surface area contributed by atoms with Gasteiger partial charge in [0, 0.05) is 52.8 Å². The molecule has 2 heterocycles. The van der Waals surface area contributed by atoms with Crippen LogP contribution in [0.2, 0.25) is 0 Å². The molecular weight excluding hydrogens is 617 g/mol. The molecule has 0 unspecified atom stereocenters. The summed E-state index contributed by atoms with van der Waals surface area (Å²) in [5, 5.41) is 3.13. The quantitative estimate of drug-likeness (QED) is 0.0917. The third-order valence-corrected chi connectivity index (χ3v) is 10.5. The third-order valence-electron chi connectivity index (χ3n) is 8.99. The number of benzene rings is 2. The highest BCUT2D eigenvalue weighted by Crippen LogP contribution is 2.31. The summed E-state index contributed by atoms with van der Waals surface area (Å²) in [5.41, 5.74) is 9.78. The van der Waals surface area contributed by atoms with E-state index in [0.717, 1.165) is 58.7 Å². The molecule has 2 aromatic heterocycles. The lowest BCUT2D eigenvalue weighted by molar-refractivity contribution is -0.126. The van der Waals surface area contributed by atoms with Gasteiger partial charge < -0.3 is 15.8 Å². The lowest BCUT2D eigenvalue weighted by Gasteiger charge is -2.34. The molecule has 1 amide bonds. The number of thiophene rings is 1. The highest BCUT2D eigenvalue weighted by atomic mass is 32.1. The van der Waals surface area contributed by atoms with E-state index in [4.69, 9.17) is 10.5 Å². The van der Waals surface area contributed by atoms with E-state index >= 15 is 0 Å². The number of ether oxygens (including phenoxy) is 1. The molecule has 2 aromatic carbocycles. The molecule has 0 spiro atoms. The van der Waals surface area contributed by atoms with Crippen LogP contribution in [0.4, 0.5) is 0 Å². The molecule has 0 aliphatic heterocycles. The van der Waals surface area contributed by atoms with Gasteiger partial charge >= 0.3 is 0 Å². The Kier molecular flexibility index (Phi) is 12.2. The van der Waals surface area contributed by atoms with Crippen LogP contribution in [-0.2, 0) is 16.6 Å². The minimum Gasteiger partial charge on any atom is -0.494 e. The van der Waals surface area contributed by atoms with E-state index in [9.17, 15) is 9.59 Å². The Morgan fingerprint density at radius 1 is 0.896 bits per heavy atom. The van der Waals surface area contributed by atoms with Crippen LogP contribution in [0.15, 0.2) is 73.1 Å². The van der Waals surface area contributed by atoms with Crippen LogP contribution in [0.5, 0.6) is 5.75 Å². The molecule has 0 saturated heterocycles. The number of nitrogens with two attached hydrogens (primary N) is 1. The fraction of sp³-hybridized carbons (Fsp3) is 0.450. The van der Waals surface area contributed by atoms with Crippen molar-refractivity contribution in [1.82, 2.24) is 15.3 Å². The molecule has 1 saturated carbocycles. The van der Waals surface area contributed by atoms with Crippen LogP contribution in [0, 0.1) is 5.92 Å². The maximum Gasteiger partial charge on any atom is 0.224 e. The number of rotatable bonds is 16. The first-order valence-electron chi connectivity index (χ1n) is 17.4. The molecule has 1 aliphatic rings. The number of amides is 1. The summed E-state index contributed by atoms with van der Waals surface area (Å²) in [4.78, 5) is 37.9. The molecule has 0 bridgehead atoms. The molecule has 8 heteroatoms. The summed E-state index contributed by atoms with van der Waals surface area (Å²) in [6.45, 7) is 9.39. The van der Waals surface area contributed by atoms with Gasteiger partial charge in [0.15, 0.2) is 11.6 Å². The number of carbonyl (C=O) groups excluding carboxylic acids is 2. The molecule has 4 aromatic rings. The molecule has 1 fully saturated rings. The zero-order valence-corrected chi connectivity index (χ0v) is 29.7. The van der Waals surface area contributed by atoms with Gasteiger partial charge in [0.25, 0.3) is 0 Å². The Morgan fingerprint density at radius 3 is 2.19 bits per heavy atom. The summed E-state index contributed by atoms with van der Waals surface area (Å²) < 4.78 is 5.91. The maximum atomic E-state index is 13.4. The predicted molar refractivity (Wildman–Crippen MR) is 195 cm³/mol. The predicted octanol–water partition coefficient (Wildman–Crippen LogP) is 8.56. The standard InChI is InChI=1S/C40H50N4O3S/c1-5-6-7-8-9-20-47-34-16-14-28(15-17-34)31-25-42-38(43-26-31)29-12-10-27(11-13-29)21-30(39(46)44-33-23-32(41)24-33)22-35(45)36-18-19-37(48-36)40(2,3)4/h10-19,25-26,30,32-33H,5-9,20-24,41H2,1-4H3,(H,44,46)/t30-,32?,33?/m1/s1. The Hall–Kier alpha value is -3.88. The van der Waals surface area contributed by atoms with Gasteiger partial charge in [0.05, 0.1) is 11.5 Å². The van der Waals surface area contributed by atoms with Crippen LogP contribution in [0.1, 0.15) is 99.2 Å². The SMILES string of the molecule is CCCCCCCOc1ccc(-c2cnc(-c3ccc(C[C@H](CC(=O)c4ccc(C(C)(C)C)s4)C(=O)NC4CC(N)C4)cc3)nc2)cc1. The highest BCUT2D eigenvalue weighted by molar-refractivity contribution is 7.14. The first-order valence-corrected chi connectivity index (χ1v) is 18.2. The van der Waals surface area contributed by atoms with Crippen LogP contribution >= 0.6 is 11.3 Å². The molecule has 3 N–H and O–H groups in total. The molecule has 254 valence electrons. The number of nitrogens with zero attached hydrogens (tertiary/aromatic N) is 2. The second kappa shape index (κ2) is 16.5. The highest BCUT2D eigenvalue weighted by Gasteiger charge is 2.31. The van der Waals surface area contributed by atoms with E-state index in [-0.39, 0.29) is 35.6 Å². The van der Waals surface area contributed by atoms with Gasteiger partial charge in [-0.2, -0.15) is 0 Å². The minimum atomic E-state index is -0.474. The van der Waals surface area contributed by atoms with Gasteiger partial charge in [-0.15, -0.1) is 11.3 Å². The fourth-order valence-electron chi connectivity index (χ4n) is 5.91. The number of Topliss-reactive ketones (excluding diaryl/α,β-unsaturated/α-hetero) is 1. The molecule has 48 heavy (non-hydrogen) atoms. The third kappa shape index (κ3) is 9.83. The molecule has 7 nitrogen and oxygen atoms in total. The van der Waals surface area contributed by atoms with Gasteiger partial charge in [-0.1, -0.05) is 89.8 Å². The first kappa shape index (κ1) is 35.4. The van der Waals surface area contributed by atoms with Crippen molar-refractivity contribution >= 4 is 23.0 Å². The number of hydrogen-bond acceptors (Lipinski definition) is 7. The number of hydrogen-bond donors (Lipinski definition) is 2. The zero-order valence-electron chi connectivity index (χ0n) is 28.8. The van der Waals surface area contributed by atoms with E-state index in [2.05, 4.69) is 43.0 Å². The van der Waals surface area contributed by atoms with E-state index in [1.54, 1.807) is 0 Å². The number of nitrogens with one attached hydrogen (secondary N) is 1. The summed E-state index contributed by atoms with van der Waals surface area (Å²) in [7, 11) is 0. The zero-order chi connectivity index (χ0) is 34.1. The number of carbonyl (C=O) groups is 2. The fourth-order valence-corrected chi connectivity index (χ4v) is 6.92. The Balaban J connectivity index is 1.20. The van der Waals surface area contributed by atoms with Gasteiger partial charge in [-0.3, -0.25) is 9.59 Å². The van der Waals surface area contributed by atoms with Crippen molar-refractivity contribution in [2.75, 3.05) is 6.61 Å². The number of ketones is 1. The summed E-state index contributed by atoms with van der Waals surface area (Å²) in [6.07, 6.45) is 12.0. The topological polar surface area (TPSA) is 107 Å². The smallest absolute Gasteiger partial charge is 0.224 e. The Labute approximate surface area is 289 Å². The summed E-state index contributed by atoms with van der Waals surface area (Å²) in [6, 6.07) is 20.2. The van der Waals surface area contributed by atoms with E-state index in [1.807, 2.05) is 73.1 Å². The minimum absolute atomic E-state index is 0.00559. The normalized spacial score (nSPS) is 16.6. The van der Waals surface area contributed by atoms with Gasteiger partial charge in [0.2, 0.25) is 5.91 Å². The summed E-state index contributed by atoms with van der Waals surface area (Å²) in [5.74, 6) is 0.957. The van der Waals surface area contributed by atoms with Crippen LogP contribution in [-0.4, -0.2) is 40.3 Å². The van der Waals surface area contributed by atoms with Gasteiger partial charge in [-0.25, -0.2) is 9.97 Å². The molecule has 0 radical (unpaired) electrons. The van der Waals surface area contributed by atoms with Gasteiger partial charge in [0.1, 0.15) is 5.75 Å². The van der Waals surface area contributed by atoms with Crippen LogP contribution in [0.25, 0.3) is 22.5 Å².